The number of thiazole rings is 1. The second-order valence-corrected chi connectivity index (χ2v) is 17.2. The van der Waals surface area contributed by atoms with Crippen molar-refractivity contribution in [1.29, 1.82) is 0 Å². The van der Waals surface area contributed by atoms with Crippen molar-refractivity contribution in [3.63, 3.8) is 0 Å². The third-order valence-electron chi connectivity index (χ3n) is 12.6. The molecule has 310 valence electrons. The Labute approximate surface area is 350 Å². The molecule has 0 spiro atoms. The number of fused-ring (bicyclic) bond motifs is 2. The Hall–Kier alpha value is -5.92. The van der Waals surface area contributed by atoms with Crippen LogP contribution in [0, 0.1) is 11.7 Å². The second-order valence-electron chi connectivity index (χ2n) is 16.3. The van der Waals surface area contributed by atoms with Crippen molar-refractivity contribution in [2.75, 3.05) is 60.9 Å². The molecule has 7 heterocycles. The molecular formula is C44H47FN10O4S. The maximum atomic E-state index is 15.3. The smallest absolute Gasteiger partial charge is 0.259 e. The summed E-state index contributed by atoms with van der Waals surface area (Å²) in [6.07, 6.45) is 13.5. The maximum Gasteiger partial charge on any atom is 0.259 e. The summed E-state index contributed by atoms with van der Waals surface area (Å²) in [7, 11) is 0. The number of carbonyl (C=O) groups is 2. The zero-order valence-electron chi connectivity index (χ0n) is 33.3. The summed E-state index contributed by atoms with van der Waals surface area (Å²) in [4.78, 5) is 64.7. The fourth-order valence-electron chi connectivity index (χ4n) is 9.20. The van der Waals surface area contributed by atoms with Crippen molar-refractivity contribution in [2.45, 2.75) is 69.9 Å². The molecule has 4 aliphatic rings. The lowest BCUT2D eigenvalue weighted by atomic mass is 9.94. The van der Waals surface area contributed by atoms with Crippen LogP contribution in [0.5, 0.6) is 0 Å². The summed E-state index contributed by atoms with van der Waals surface area (Å²) in [5, 5.41) is 14.6. The molecule has 3 N–H and O–H groups in total. The Balaban J connectivity index is 0.790. The van der Waals surface area contributed by atoms with Gasteiger partial charge in [0.05, 0.1) is 55.8 Å². The average molecular weight is 831 g/mol. The average Bonchev–Trinajstić information content (AvgIpc) is 3.94. The molecule has 0 radical (unpaired) electrons. The molecule has 4 fully saturated rings. The number of carbonyl (C=O) groups excluding carboxylic acids is 4. The largest absolute Gasteiger partial charge is 0.371 e. The van der Waals surface area contributed by atoms with Gasteiger partial charge in [-0.2, -0.15) is 5.10 Å². The third kappa shape index (κ3) is 8.28. The van der Waals surface area contributed by atoms with E-state index in [-0.39, 0.29) is 28.9 Å². The molecular weight excluding hydrogens is 784 g/mol. The summed E-state index contributed by atoms with van der Waals surface area (Å²) in [5.41, 5.74) is 6.48. The van der Waals surface area contributed by atoms with E-state index in [9.17, 15) is 19.2 Å². The van der Waals surface area contributed by atoms with E-state index < -0.39 is 17.8 Å². The molecule has 0 aliphatic carbocycles. The van der Waals surface area contributed by atoms with E-state index in [1.165, 1.54) is 29.9 Å². The van der Waals surface area contributed by atoms with Gasteiger partial charge in [0.15, 0.2) is 0 Å². The standard InChI is InChI=1S/C44H47FN10O4S/c45-35-19-32(5-6-33(35)43(58)49-36-7-4-30(25-56)48-39(36)26-57)53-16-8-28(9-17-53)23-52-14-10-31(11-15-52)55-24-29-18-38(40(20-37(29)51-55)54-12-2-1-3-13-54)50-44(59)34-21-46-22-41-42(34)47-27-60-41/h5-6,18-22,24,27-28,31,36,48H,1-4,7-17,23H2,(H,49,58)(H,50,59)/t36-/m0/s1. The predicted octanol–water partition coefficient (Wildman–Crippen LogP) is 5.89. The monoisotopic (exact) mass is 830 g/mol. The van der Waals surface area contributed by atoms with Crippen molar-refractivity contribution in [2.24, 2.45) is 5.92 Å². The fraction of sp³-hybridized carbons (Fsp3) is 0.432. The number of pyridine rings is 1. The highest BCUT2D eigenvalue weighted by atomic mass is 32.1. The van der Waals surface area contributed by atoms with Gasteiger partial charge in [0.2, 0.25) is 0 Å². The molecule has 2 aromatic carbocycles. The van der Waals surface area contributed by atoms with Gasteiger partial charge in [-0.05, 0) is 87.6 Å². The number of hydrogen-bond donors (Lipinski definition) is 3. The molecule has 0 unspecified atom stereocenters. The van der Waals surface area contributed by atoms with E-state index in [0.29, 0.717) is 29.8 Å². The minimum absolute atomic E-state index is 0.0320. The first-order chi connectivity index (χ1) is 29.3. The number of nitrogens with zero attached hydrogens (tertiary/aromatic N) is 7. The quantitative estimate of drug-likeness (QED) is 0.152. The van der Waals surface area contributed by atoms with E-state index in [4.69, 9.17) is 5.10 Å². The number of amides is 2. The first-order valence-electron chi connectivity index (χ1n) is 20.9. The third-order valence-corrected chi connectivity index (χ3v) is 13.3. The lowest BCUT2D eigenvalue weighted by Crippen LogP contribution is -2.44. The van der Waals surface area contributed by atoms with E-state index in [1.807, 2.05) is 0 Å². The molecule has 4 aliphatic heterocycles. The zero-order valence-corrected chi connectivity index (χ0v) is 34.1. The first kappa shape index (κ1) is 39.5. The van der Waals surface area contributed by atoms with Crippen LogP contribution in [0.3, 0.4) is 0 Å². The normalized spacial score (nSPS) is 19.6. The summed E-state index contributed by atoms with van der Waals surface area (Å²) in [5.74, 6) is 2.53. The number of benzene rings is 2. The number of anilines is 3. The second kappa shape index (κ2) is 17.4. The van der Waals surface area contributed by atoms with Gasteiger partial charge in [-0.25, -0.2) is 19.0 Å². The number of likely N-dealkylation sites (tertiary alicyclic amines) is 1. The van der Waals surface area contributed by atoms with Gasteiger partial charge >= 0.3 is 0 Å². The molecule has 3 aromatic heterocycles. The first-order valence-corrected chi connectivity index (χ1v) is 21.8. The fourth-order valence-corrected chi connectivity index (χ4v) is 9.87. The number of allylic oxidation sites excluding steroid dienone is 1. The van der Waals surface area contributed by atoms with Gasteiger partial charge in [0, 0.05) is 81.9 Å². The van der Waals surface area contributed by atoms with Crippen LogP contribution in [0.4, 0.5) is 21.5 Å². The van der Waals surface area contributed by atoms with Crippen molar-refractivity contribution in [1.82, 2.24) is 35.3 Å². The number of hydrogen-bond acceptors (Lipinski definition) is 12. The lowest BCUT2D eigenvalue weighted by molar-refractivity contribution is 0.0934. The highest BCUT2D eigenvalue weighted by Crippen LogP contribution is 2.36. The molecule has 0 bridgehead atoms. The Morgan fingerprint density at radius 1 is 0.883 bits per heavy atom. The Morgan fingerprint density at radius 2 is 1.70 bits per heavy atom. The van der Waals surface area contributed by atoms with Crippen molar-refractivity contribution in [3.05, 3.63) is 82.8 Å². The molecule has 0 saturated carbocycles. The SMILES string of the molecule is O=C=C1CC[C@H](NC(=O)c2ccc(N3CCC(CN4CCC(n5cc6cc(NC(=O)c7cncc8scnc78)c(N7CCCCC7)cc6n5)CC4)CC3)cc2F)C(=C=O)N1. The van der Waals surface area contributed by atoms with Gasteiger partial charge in [0.1, 0.15) is 29.1 Å². The Kier molecular flexibility index (Phi) is 11.4. The summed E-state index contributed by atoms with van der Waals surface area (Å²) in [6.45, 7) is 6.49. The minimum Gasteiger partial charge on any atom is -0.371 e. The molecule has 4 saturated heterocycles. The highest BCUT2D eigenvalue weighted by molar-refractivity contribution is 7.16. The van der Waals surface area contributed by atoms with E-state index in [0.717, 1.165) is 117 Å². The van der Waals surface area contributed by atoms with Gasteiger partial charge in [-0.15, -0.1) is 11.3 Å². The summed E-state index contributed by atoms with van der Waals surface area (Å²) >= 11 is 1.47. The number of piperidine rings is 4. The van der Waals surface area contributed by atoms with Crippen LogP contribution in [0.15, 0.2) is 65.8 Å². The van der Waals surface area contributed by atoms with Crippen LogP contribution in [0.2, 0.25) is 0 Å². The zero-order chi connectivity index (χ0) is 41.2. The summed E-state index contributed by atoms with van der Waals surface area (Å²) in [6, 6.07) is 8.48. The number of aromatic nitrogens is 4. The van der Waals surface area contributed by atoms with Crippen molar-refractivity contribution >= 4 is 73.2 Å². The highest BCUT2D eigenvalue weighted by Gasteiger charge is 2.29. The molecule has 14 nitrogen and oxygen atoms in total. The molecule has 2 amide bonds. The molecule has 9 rings (SSSR count). The van der Waals surface area contributed by atoms with Crippen molar-refractivity contribution < 1.29 is 23.6 Å². The predicted molar refractivity (Wildman–Crippen MR) is 229 cm³/mol. The van der Waals surface area contributed by atoms with Gasteiger partial charge in [-0.3, -0.25) is 19.3 Å². The number of halogens is 1. The Morgan fingerprint density at radius 3 is 2.47 bits per heavy atom. The van der Waals surface area contributed by atoms with Crippen LogP contribution in [-0.4, -0.2) is 100 Å². The van der Waals surface area contributed by atoms with Crippen LogP contribution >= 0.6 is 11.3 Å². The van der Waals surface area contributed by atoms with E-state index in [2.05, 4.69) is 63.6 Å². The Bertz CT molecular complexity index is 2520. The van der Waals surface area contributed by atoms with Crippen LogP contribution in [0.25, 0.3) is 21.1 Å². The van der Waals surface area contributed by atoms with Gasteiger partial charge in [0.25, 0.3) is 11.8 Å². The van der Waals surface area contributed by atoms with Crippen molar-refractivity contribution in [3.8, 4) is 0 Å². The minimum atomic E-state index is -0.689. The molecule has 5 aromatic rings. The topological polar surface area (TPSA) is 158 Å². The number of rotatable bonds is 9. The van der Waals surface area contributed by atoms with E-state index >= 15 is 4.39 Å². The maximum absolute atomic E-state index is 15.3. The van der Waals surface area contributed by atoms with Crippen LogP contribution < -0.4 is 25.8 Å². The lowest BCUT2D eigenvalue weighted by Gasteiger charge is -2.38. The van der Waals surface area contributed by atoms with Gasteiger partial charge < -0.3 is 30.7 Å². The molecule has 1 atom stereocenters. The molecule has 60 heavy (non-hydrogen) atoms. The van der Waals surface area contributed by atoms with Crippen LogP contribution in [0.1, 0.15) is 84.5 Å². The number of nitrogens with one attached hydrogen (secondary N) is 3. The van der Waals surface area contributed by atoms with E-state index in [1.54, 1.807) is 35.9 Å². The van der Waals surface area contributed by atoms with Crippen LogP contribution in [-0.2, 0) is 9.59 Å². The summed E-state index contributed by atoms with van der Waals surface area (Å²) < 4.78 is 18.3. The van der Waals surface area contributed by atoms with Gasteiger partial charge in [-0.1, -0.05) is 0 Å². The molecule has 16 heteroatoms.